The summed E-state index contributed by atoms with van der Waals surface area (Å²) in [6.45, 7) is 0. The van der Waals surface area contributed by atoms with Gasteiger partial charge in [0.1, 0.15) is 5.75 Å². The predicted octanol–water partition coefficient (Wildman–Crippen LogP) is 3.14. The van der Waals surface area contributed by atoms with E-state index in [4.69, 9.17) is 5.84 Å². The van der Waals surface area contributed by atoms with Crippen molar-refractivity contribution < 1.29 is 17.9 Å². The number of benzene rings is 1. The molecule has 0 amide bonds. The van der Waals surface area contributed by atoms with E-state index in [0.717, 1.165) is 30.2 Å². The molecule has 1 aromatic rings. The molecule has 1 aromatic carbocycles. The Hall–Kier alpha value is -1.27. The van der Waals surface area contributed by atoms with Gasteiger partial charge in [0.05, 0.1) is 0 Å². The Morgan fingerprint density at radius 2 is 1.90 bits per heavy atom. The lowest BCUT2D eigenvalue weighted by atomic mass is 9.89. The van der Waals surface area contributed by atoms with Crippen molar-refractivity contribution >= 4 is 0 Å². The van der Waals surface area contributed by atoms with Gasteiger partial charge in [-0.25, -0.2) is 0 Å². The van der Waals surface area contributed by atoms with Gasteiger partial charge >= 0.3 is 6.36 Å². The summed E-state index contributed by atoms with van der Waals surface area (Å²) in [6, 6.07) is 5.96. The van der Waals surface area contributed by atoms with Crippen molar-refractivity contribution in [1.29, 1.82) is 0 Å². The second-order valence-electron chi connectivity index (χ2n) is 5.75. The lowest BCUT2D eigenvalue weighted by Gasteiger charge is -2.25. The van der Waals surface area contributed by atoms with Gasteiger partial charge in [0.15, 0.2) is 0 Å². The molecule has 2 fully saturated rings. The van der Waals surface area contributed by atoms with Gasteiger partial charge in [0.2, 0.25) is 0 Å². The molecule has 2 aliphatic rings. The van der Waals surface area contributed by atoms with Crippen molar-refractivity contribution in [3.05, 3.63) is 29.8 Å². The fourth-order valence-corrected chi connectivity index (χ4v) is 3.44. The molecule has 3 N–H and O–H groups in total. The average Bonchev–Trinajstić information content (AvgIpc) is 2.96. The Morgan fingerprint density at radius 1 is 1.20 bits per heavy atom. The van der Waals surface area contributed by atoms with Crippen LogP contribution in [0.25, 0.3) is 0 Å². The van der Waals surface area contributed by atoms with Crippen LogP contribution in [-0.2, 0) is 0 Å². The topological polar surface area (TPSA) is 47.3 Å². The number of nitrogens with two attached hydrogens (primary N) is 1. The Morgan fingerprint density at radius 3 is 2.50 bits per heavy atom. The standard InChI is InChI=1S/C14H17F3N2O/c15-14(16,17)20-12-3-1-2-8(7-12)13(19-18)11-5-9-4-10(9)6-11/h1-3,7,9-11,13,19H,4-6,18H2. The molecule has 0 aliphatic heterocycles. The summed E-state index contributed by atoms with van der Waals surface area (Å²) in [5, 5.41) is 0. The highest BCUT2D eigenvalue weighted by Gasteiger charge is 2.48. The summed E-state index contributed by atoms with van der Waals surface area (Å²) < 4.78 is 40.7. The largest absolute Gasteiger partial charge is 0.573 e. The summed E-state index contributed by atoms with van der Waals surface area (Å²) >= 11 is 0. The van der Waals surface area contributed by atoms with E-state index in [2.05, 4.69) is 10.2 Å². The Balaban J connectivity index is 1.75. The van der Waals surface area contributed by atoms with E-state index >= 15 is 0 Å². The minimum atomic E-state index is -4.67. The predicted molar refractivity (Wildman–Crippen MR) is 67.5 cm³/mol. The molecule has 2 saturated carbocycles. The van der Waals surface area contributed by atoms with Gasteiger partial charge in [-0.2, -0.15) is 0 Å². The number of alkyl halides is 3. The van der Waals surface area contributed by atoms with Gasteiger partial charge in [-0.1, -0.05) is 12.1 Å². The molecular formula is C14H17F3N2O. The van der Waals surface area contributed by atoms with Crippen molar-refractivity contribution in [3.63, 3.8) is 0 Å². The molecule has 110 valence electrons. The lowest BCUT2D eigenvalue weighted by Crippen LogP contribution is -2.33. The lowest BCUT2D eigenvalue weighted by molar-refractivity contribution is -0.274. The Kier molecular flexibility index (Phi) is 3.38. The first-order chi connectivity index (χ1) is 9.46. The number of fused-ring (bicyclic) bond motifs is 1. The van der Waals surface area contributed by atoms with Crippen molar-refractivity contribution in [2.45, 2.75) is 31.7 Å². The molecule has 0 aromatic heterocycles. The number of hydrogen-bond acceptors (Lipinski definition) is 3. The monoisotopic (exact) mass is 286 g/mol. The quantitative estimate of drug-likeness (QED) is 0.660. The SMILES string of the molecule is NNC(c1cccc(OC(F)(F)F)c1)C1CC2CC2C1. The van der Waals surface area contributed by atoms with Gasteiger partial charge in [-0.15, -0.1) is 13.2 Å². The van der Waals surface area contributed by atoms with Crippen LogP contribution in [0, 0.1) is 17.8 Å². The number of halogens is 3. The molecule has 0 spiro atoms. The first kappa shape index (κ1) is 13.7. The molecule has 3 rings (SSSR count). The number of rotatable bonds is 4. The second kappa shape index (κ2) is 4.93. The van der Waals surface area contributed by atoms with Crippen molar-refractivity contribution in [1.82, 2.24) is 5.43 Å². The van der Waals surface area contributed by atoms with Crippen LogP contribution >= 0.6 is 0 Å². The molecule has 20 heavy (non-hydrogen) atoms. The van der Waals surface area contributed by atoms with Crippen molar-refractivity contribution in [2.75, 3.05) is 0 Å². The van der Waals surface area contributed by atoms with Crippen LogP contribution in [0.2, 0.25) is 0 Å². The molecular weight excluding hydrogens is 269 g/mol. The summed E-state index contributed by atoms with van der Waals surface area (Å²) in [5.74, 6) is 7.40. The smallest absolute Gasteiger partial charge is 0.406 e. The molecule has 0 heterocycles. The molecule has 3 unspecified atom stereocenters. The molecule has 0 bridgehead atoms. The van der Waals surface area contributed by atoms with Crippen LogP contribution in [0.5, 0.6) is 5.75 Å². The van der Waals surface area contributed by atoms with Crippen LogP contribution in [0.3, 0.4) is 0 Å². The van der Waals surface area contributed by atoms with Crippen molar-refractivity contribution in [3.8, 4) is 5.75 Å². The van der Waals surface area contributed by atoms with Crippen LogP contribution in [0.4, 0.5) is 13.2 Å². The summed E-state index contributed by atoms with van der Waals surface area (Å²) in [4.78, 5) is 0. The first-order valence-corrected chi connectivity index (χ1v) is 6.78. The van der Waals surface area contributed by atoms with Crippen LogP contribution in [-0.4, -0.2) is 6.36 Å². The third-order valence-corrected chi connectivity index (χ3v) is 4.38. The molecule has 0 radical (unpaired) electrons. The zero-order valence-electron chi connectivity index (χ0n) is 10.9. The maximum atomic E-state index is 12.3. The van der Waals surface area contributed by atoms with Gasteiger partial charge in [-0.3, -0.25) is 11.3 Å². The maximum absolute atomic E-state index is 12.3. The highest BCUT2D eigenvalue weighted by Crippen LogP contribution is 2.57. The van der Waals surface area contributed by atoms with Crippen LogP contribution in [0.15, 0.2) is 24.3 Å². The van der Waals surface area contributed by atoms with E-state index in [9.17, 15) is 13.2 Å². The fraction of sp³-hybridized carbons (Fsp3) is 0.571. The highest BCUT2D eigenvalue weighted by atomic mass is 19.4. The van der Waals surface area contributed by atoms with E-state index in [0.29, 0.717) is 5.92 Å². The van der Waals surface area contributed by atoms with Crippen LogP contribution < -0.4 is 16.0 Å². The average molecular weight is 286 g/mol. The fourth-order valence-electron chi connectivity index (χ4n) is 3.44. The number of hydrogen-bond donors (Lipinski definition) is 2. The van der Waals surface area contributed by atoms with Gasteiger partial charge < -0.3 is 4.74 Å². The Bertz CT molecular complexity index is 482. The summed E-state index contributed by atoms with van der Waals surface area (Å²) in [6.07, 6.45) is -1.17. The number of hydrazine groups is 1. The first-order valence-electron chi connectivity index (χ1n) is 6.78. The van der Waals surface area contributed by atoms with E-state index < -0.39 is 6.36 Å². The van der Waals surface area contributed by atoms with E-state index in [1.807, 2.05) is 0 Å². The molecule has 0 saturated heterocycles. The van der Waals surface area contributed by atoms with E-state index in [1.165, 1.54) is 18.6 Å². The zero-order valence-corrected chi connectivity index (χ0v) is 10.9. The summed E-state index contributed by atoms with van der Waals surface area (Å²) in [5.41, 5.74) is 3.51. The number of ether oxygens (including phenoxy) is 1. The normalized spacial score (nSPS) is 29.9. The second-order valence-corrected chi connectivity index (χ2v) is 5.75. The van der Waals surface area contributed by atoms with E-state index in [-0.39, 0.29) is 11.8 Å². The van der Waals surface area contributed by atoms with Crippen molar-refractivity contribution in [2.24, 2.45) is 23.6 Å². The summed E-state index contributed by atoms with van der Waals surface area (Å²) in [7, 11) is 0. The number of nitrogens with one attached hydrogen (secondary N) is 1. The molecule has 2 aliphatic carbocycles. The van der Waals surface area contributed by atoms with Crippen LogP contribution in [0.1, 0.15) is 30.9 Å². The van der Waals surface area contributed by atoms with Gasteiger partial charge in [0, 0.05) is 6.04 Å². The van der Waals surface area contributed by atoms with Gasteiger partial charge in [0.25, 0.3) is 0 Å². The molecule has 3 nitrogen and oxygen atoms in total. The molecule has 3 atom stereocenters. The minimum Gasteiger partial charge on any atom is -0.406 e. The third-order valence-electron chi connectivity index (χ3n) is 4.38. The van der Waals surface area contributed by atoms with Gasteiger partial charge in [-0.05, 0) is 54.7 Å². The highest BCUT2D eigenvalue weighted by molar-refractivity contribution is 5.31. The van der Waals surface area contributed by atoms with E-state index in [1.54, 1.807) is 12.1 Å². The molecule has 6 heteroatoms. The third kappa shape index (κ3) is 2.91. The maximum Gasteiger partial charge on any atom is 0.573 e. The zero-order chi connectivity index (χ0) is 14.3. The minimum absolute atomic E-state index is 0.111. The Labute approximate surface area is 115 Å².